The Labute approximate surface area is 122 Å². The quantitative estimate of drug-likeness (QED) is 0.491. The van der Waals surface area contributed by atoms with Crippen LogP contribution in [0.3, 0.4) is 0 Å². The van der Waals surface area contributed by atoms with Gasteiger partial charge in [0.05, 0.1) is 11.1 Å². The molecule has 0 heterocycles. The fraction of sp³-hybridized carbons (Fsp3) is 0.125. The second kappa shape index (κ2) is 5.87. The molecule has 0 unspecified atom stereocenters. The highest BCUT2D eigenvalue weighted by atomic mass is 19.4. The molecule has 0 aliphatic heterocycles. The Morgan fingerprint density at radius 2 is 0.773 bits per heavy atom. The van der Waals surface area contributed by atoms with Crippen LogP contribution in [-0.4, -0.2) is 12.4 Å². The Hall–Kier alpha value is -2.24. The summed E-state index contributed by atoms with van der Waals surface area (Å²) < 4.78 is 79.9. The second-order valence-corrected chi connectivity index (χ2v) is 4.48. The van der Waals surface area contributed by atoms with Gasteiger partial charge in [0.2, 0.25) is 0 Å². The van der Waals surface area contributed by atoms with Crippen molar-refractivity contribution in [2.75, 3.05) is 0 Å². The van der Waals surface area contributed by atoms with Crippen LogP contribution < -0.4 is 0 Å². The topological polar surface area (TPSA) is 0 Å². The summed E-state index contributed by atoms with van der Waals surface area (Å²) in [4.78, 5) is 0. The predicted molar refractivity (Wildman–Crippen MR) is 71.8 cm³/mol. The number of allylic oxidation sites excluding steroid dienone is 2. The number of rotatable bonds is 2. The first-order valence-electron chi connectivity index (χ1n) is 6.21. The Morgan fingerprint density at radius 1 is 0.500 bits per heavy atom. The van der Waals surface area contributed by atoms with Crippen LogP contribution in [0.15, 0.2) is 60.7 Å². The summed E-state index contributed by atoms with van der Waals surface area (Å²) >= 11 is 0. The number of halogens is 6. The third-order valence-electron chi connectivity index (χ3n) is 2.94. The van der Waals surface area contributed by atoms with Crippen molar-refractivity contribution in [2.24, 2.45) is 0 Å². The minimum absolute atomic E-state index is 0.522. The molecule has 0 saturated carbocycles. The fourth-order valence-corrected chi connectivity index (χ4v) is 2.11. The smallest absolute Gasteiger partial charge is 0.166 e. The molecule has 0 aromatic heterocycles. The molecule has 0 N–H and O–H groups in total. The van der Waals surface area contributed by atoms with Crippen molar-refractivity contribution in [1.29, 1.82) is 0 Å². The highest BCUT2D eigenvalue weighted by Crippen LogP contribution is 2.46. The maximum absolute atomic E-state index is 13.3. The maximum atomic E-state index is 13.3. The van der Waals surface area contributed by atoms with Crippen LogP contribution in [0, 0.1) is 0 Å². The number of benzene rings is 2. The van der Waals surface area contributed by atoms with E-state index in [-0.39, 0.29) is 0 Å². The van der Waals surface area contributed by atoms with Gasteiger partial charge in [-0.3, -0.25) is 0 Å². The first kappa shape index (κ1) is 16.1. The zero-order valence-electron chi connectivity index (χ0n) is 11.0. The summed E-state index contributed by atoms with van der Waals surface area (Å²) in [5, 5.41) is 0. The Bertz CT molecular complexity index is 591. The van der Waals surface area contributed by atoms with E-state index in [9.17, 15) is 26.3 Å². The molecule has 116 valence electrons. The summed E-state index contributed by atoms with van der Waals surface area (Å²) in [6.45, 7) is 0. The zero-order valence-corrected chi connectivity index (χ0v) is 11.0. The van der Waals surface area contributed by atoms with Crippen LogP contribution in [-0.2, 0) is 0 Å². The summed E-state index contributed by atoms with van der Waals surface area (Å²) in [6, 6.07) is 12.0. The maximum Gasteiger partial charge on any atom is 0.417 e. The zero-order chi connectivity index (χ0) is 16.4. The van der Waals surface area contributed by atoms with Crippen molar-refractivity contribution in [3.8, 4) is 0 Å². The Morgan fingerprint density at radius 3 is 1.00 bits per heavy atom. The lowest BCUT2D eigenvalue weighted by atomic mass is 9.93. The molecule has 0 amide bonds. The molecule has 2 aromatic rings. The molecule has 0 aliphatic carbocycles. The van der Waals surface area contributed by atoms with Gasteiger partial charge in [0.15, 0.2) is 0 Å². The van der Waals surface area contributed by atoms with E-state index in [0.29, 0.717) is 0 Å². The monoisotopic (exact) mass is 316 g/mol. The summed E-state index contributed by atoms with van der Waals surface area (Å²) in [6.07, 6.45) is -10.3. The molecule has 0 bridgehead atoms. The molecule has 6 heteroatoms. The number of hydrogen-bond donors (Lipinski definition) is 0. The number of alkyl halides is 6. The van der Waals surface area contributed by atoms with Crippen molar-refractivity contribution in [3.05, 3.63) is 71.8 Å². The van der Waals surface area contributed by atoms with Gasteiger partial charge in [-0.05, 0) is 11.1 Å². The minimum atomic E-state index is -5.14. The van der Waals surface area contributed by atoms with E-state index in [1.165, 1.54) is 36.4 Å². The van der Waals surface area contributed by atoms with E-state index in [0.717, 1.165) is 24.3 Å². The lowest BCUT2D eigenvalue weighted by molar-refractivity contribution is -0.0828. The normalized spacial score (nSPS) is 13.7. The molecule has 0 nitrogen and oxygen atoms in total. The highest BCUT2D eigenvalue weighted by Gasteiger charge is 2.46. The molecular weight excluding hydrogens is 306 g/mol. The summed E-state index contributed by atoms with van der Waals surface area (Å²) in [5.41, 5.74) is -4.42. The SMILES string of the molecule is FC(F)(F)C(=C(c1ccccc1)C(F)(F)F)c1ccccc1. The van der Waals surface area contributed by atoms with E-state index in [4.69, 9.17) is 0 Å². The highest BCUT2D eigenvalue weighted by molar-refractivity contribution is 5.95. The molecule has 0 saturated heterocycles. The van der Waals surface area contributed by atoms with Gasteiger partial charge in [-0.1, -0.05) is 60.7 Å². The molecule has 22 heavy (non-hydrogen) atoms. The average molecular weight is 316 g/mol. The van der Waals surface area contributed by atoms with E-state index in [1.807, 2.05) is 0 Å². The Kier molecular flexibility index (Phi) is 4.30. The van der Waals surface area contributed by atoms with Crippen molar-refractivity contribution in [2.45, 2.75) is 12.4 Å². The first-order valence-corrected chi connectivity index (χ1v) is 6.21. The third kappa shape index (κ3) is 3.50. The van der Waals surface area contributed by atoms with E-state index >= 15 is 0 Å². The van der Waals surface area contributed by atoms with Crippen LogP contribution in [0.1, 0.15) is 11.1 Å². The molecule has 0 aliphatic rings. The van der Waals surface area contributed by atoms with Crippen LogP contribution in [0.2, 0.25) is 0 Å². The lowest BCUT2D eigenvalue weighted by Crippen LogP contribution is -2.20. The van der Waals surface area contributed by atoms with E-state index < -0.39 is 34.6 Å². The van der Waals surface area contributed by atoms with Gasteiger partial charge in [0.25, 0.3) is 0 Å². The Balaban J connectivity index is 2.84. The largest absolute Gasteiger partial charge is 0.417 e. The van der Waals surface area contributed by atoms with Gasteiger partial charge in [-0.2, -0.15) is 26.3 Å². The molecule has 2 rings (SSSR count). The van der Waals surface area contributed by atoms with Gasteiger partial charge in [0, 0.05) is 0 Å². The second-order valence-electron chi connectivity index (χ2n) is 4.48. The standard InChI is InChI=1S/C16H10F6/c17-15(18,19)13(11-7-3-1-4-8-11)14(16(20,21)22)12-9-5-2-6-10-12/h1-10H. The molecule has 0 radical (unpaired) electrons. The van der Waals surface area contributed by atoms with Gasteiger partial charge >= 0.3 is 12.4 Å². The molecule has 0 spiro atoms. The first-order chi connectivity index (χ1) is 10.2. The molecule has 2 aromatic carbocycles. The fourth-order valence-electron chi connectivity index (χ4n) is 2.11. The van der Waals surface area contributed by atoms with Crippen LogP contribution in [0.5, 0.6) is 0 Å². The average Bonchev–Trinajstić information content (AvgIpc) is 2.44. The van der Waals surface area contributed by atoms with Crippen LogP contribution in [0.25, 0.3) is 11.1 Å². The molecular formula is C16H10F6. The number of hydrogen-bond acceptors (Lipinski definition) is 0. The van der Waals surface area contributed by atoms with Gasteiger partial charge in [-0.25, -0.2) is 0 Å². The summed E-state index contributed by atoms with van der Waals surface area (Å²) in [7, 11) is 0. The molecule has 0 atom stereocenters. The van der Waals surface area contributed by atoms with Gasteiger partial charge in [0.1, 0.15) is 0 Å². The van der Waals surface area contributed by atoms with Crippen LogP contribution >= 0.6 is 0 Å². The van der Waals surface area contributed by atoms with Crippen molar-refractivity contribution in [1.82, 2.24) is 0 Å². The van der Waals surface area contributed by atoms with Crippen LogP contribution in [0.4, 0.5) is 26.3 Å². The lowest BCUT2D eigenvalue weighted by Gasteiger charge is -2.20. The minimum Gasteiger partial charge on any atom is -0.166 e. The van der Waals surface area contributed by atoms with Gasteiger partial charge in [-0.15, -0.1) is 0 Å². The van der Waals surface area contributed by atoms with Crippen molar-refractivity contribution in [3.63, 3.8) is 0 Å². The summed E-state index contributed by atoms with van der Waals surface area (Å²) in [5.74, 6) is 0. The van der Waals surface area contributed by atoms with E-state index in [2.05, 4.69) is 0 Å². The third-order valence-corrected chi connectivity index (χ3v) is 2.94. The van der Waals surface area contributed by atoms with E-state index in [1.54, 1.807) is 0 Å². The van der Waals surface area contributed by atoms with Crippen molar-refractivity contribution >= 4 is 11.1 Å². The predicted octanol–water partition coefficient (Wildman–Crippen LogP) is 5.72. The van der Waals surface area contributed by atoms with Gasteiger partial charge < -0.3 is 0 Å². The van der Waals surface area contributed by atoms with Crippen molar-refractivity contribution < 1.29 is 26.3 Å². The molecule has 0 fully saturated rings.